The molecule has 5 nitrogen and oxygen atoms in total. The molecule has 2 aliphatic heterocycles. The highest BCUT2D eigenvalue weighted by molar-refractivity contribution is 7.99. The van der Waals surface area contributed by atoms with E-state index in [0.29, 0.717) is 38.2 Å². The van der Waals surface area contributed by atoms with Gasteiger partial charge in [-0.25, -0.2) is 4.79 Å². The molecule has 2 fully saturated rings. The molecule has 6 heteroatoms. The fourth-order valence-electron chi connectivity index (χ4n) is 2.18. The molecule has 17 heavy (non-hydrogen) atoms. The van der Waals surface area contributed by atoms with Crippen molar-refractivity contribution in [2.45, 2.75) is 24.8 Å². The van der Waals surface area contributed by atoms with Crippen LogP contribution in [0.3, 0.4) is 0 Å². The molecule has 0 aromatic carbocycles. The van der Waals surface area contributed by atoms with Crippen molar-refractivity contribution >= 4 is 23.6 Å². The van der Waals surface area contributed by atoms with Crippen LogP contribution in [-0.4, -0.2) is 47.2 Å². The summed E-state index contributed by atoms with van der Waals surface area (Å²) < 4.78 is 5.19. The topological polar surface area (TPSA) is 75.6 Å². The Labute approximate surface area is 104 Å². The third kappa shape index (κ3) is 2.74. The van der Waals surface area contributed by atoms with Crippen LogP contribution in [0.1, 0.15) is 19.3 Å². The van der Waals surface area contributed by atoms with Crippen LogP contribution in [0.4, 0.5) is 0 Å². The second-order valence-electron chi connectivity index (χ2n) is 4.57. The number of aliphatic carboxylic acids is 1. The van der Waals surface area contributed by atoms with Crippen LogP contribution in [0.15, 0.2) is 0 Å². The van der Waals surface area contributed by atoms with Crippen molar-refractivity contribution in [2.75, 3.05) is 24.7 Å². The summed E-state index contributed by atoms with van der Waals surface area (Å²) in [7, 11) is 0. The van der Waals surface area contributed by atoms with Crippen LogP contribution in [-0.2, 0) is 14.3 Å². The van der Waals surface area contributed by atoms with Gasteiger partial charge in [-0.2, -0.15) is 11.8 Å². The van der Waals surface area contributed by atoms with E-state index in [2.05, 4.69) is 5.32 Å². The van der Waals surface area contributed by atoms with E-state index in [1.54, 1.807) is 11.8 Å². The molecular formula is C11H17NO4S. The van der Waals surface area contributed by atoms with Crippen molar-refractivity contribution in [1.82, 2.24) is 5.32 Å². The molecule has 0 spiro atoms. The molecule has 0 aromatic rings. The number of rotatable bonds is 3. The van der Waals surface area contributed by atoms with Gasteiger partial charge < -0.3 is 15.2 Å². The lowest BCUT2D eigenvalue weighted by Gasteiger charge is -2.28. The molecule has 2 rings (SSSR count). The monoisotopic (exact) mass is 259 g/mol. The Bertz CT molecular complexity index is 309. The molecule has 96 valence electrons. The van der Waals surface area contributed by atoms with Crippen LogP contribution < -0.4 is 5.32 Å². The maximum atomic E-state index is 12.0. The van der Waals surface area contributed by atoms with Gasteiger partial charge in [0.25, 0.3) is 0 Å². The molecule has 0 aromatic heterocycles. The Morgan fingerprint density at radius 3 is 2.59 bits per heavy atom. The smallest absolute Gasteiger partial charge is 0.330 e. The van der Waals surface area contributed by atoms with E-state index in [1.807, 2.05) is 0 Å². The summed E-state index contributed by atoms with van der Waals surface area (Å²) in [6.45, 7) is 1.18. The Morgan fingerprint density at radius 2 is 2.06 bits per heavy atom. The molecule has 2 heterocycles. The number of nitrogens with one attached hydrogen (secondary N) is 1. The molecule has 1 unspecified atom stereocenters. The molecule has 1 amide bonds. The average Bonchev–Trinajstić information content (AvgIpc) is 2.80. The van der Waals surface area contributed by atoms with Crippen LogP contribution in [0.25, 0.3) is 0 Å². The predicted molar refractivity (Wildman–Crippen MR) is 64.0 cm³/mol. The van der Waals surface area contributed by atoms with Gasteiger partial charge >= 0.3 is 5.97 Å². The second kappa shape index (κ2) is 5.27. The number of thioether (sulfide) groups is 1. The molecule has 0 saturated carbocycles. The predicted octanol–water partition coefficient (Wildman–Crippen LogP) is 0.489. The van der Waals surface area contributed by atoms with Crippen molar-refractivity contribution in [2.24, 2.45) is 5.92 Å². The summed E-state index contributed by atoms with van der Waals surface area (Å²) in [5.41, 5.74) is -1.04. The van der Waals surface area contributed by atoms with Crippen LogP contribution >= 0.6 is 11.8 Å². The molecule has 2 aliphatic rings. The number of carbonyl (C=O) groups is 2. The minimum atomic E-state index is -1.04. The van der Waals surface area contributed by atoms with Crippen molar-refractivity contribution < 1.29 is 19.4 Å². The molecular weight excluding hydrogens is 242 g/mol. The molecule has 0 aliphatic carbocycles. The molecule has 0 bridgehead atoms. The van der Waals surface area contributed by atoms with Gasteiger partial charge in [0.1, 0.15) is 5.54 Å². The van der Waals surface area contributed by atoms with Gasteiger partial charge in [-0.1, -0.05) is 0 Å². The van der Waals surface area contributed by atoms with Gasteiger partial charge in [-0.05, 0) is 25.0 Å². The maximum Gasteiger partial charge on any atom is 0.330 e. The number of hydrogen-bond acceptors (Lipinski definition) is 4. The molecule has 2 saturated heterocycles. The fourth-order valence-corrected chi connectivity index (χ4v) is 3.51. The summed E-state index contributed by atoms with van der Waals surface area (Å²) in [4.78, 5) is 23.3. The zero-order valence-electron chi connectivity index (χ0n) is 9.61. The van der Waals surface area contributed by atoms with Crippen molar-refractivity contribution in [3.63, 3.8) is 0 Å². The van der Waals surface area contributed by atoms with Crippen molar-refractivity contribution in [1.29, 1.82) is 0 Å². The quantitative estimate of drug-likeness (QED) is 0.771. The summed E-state index contributed by atoms with van der Waals surface area (Å²) in [6, 6.07) is 0. The minimum absolute atomic E-state index is 0.0921. The van der Waals surface area contributed by atoms with Crippen LogP contribution in [0.5, 0.6) is 0 Å². The summed E-state index contributed by atoms with van der Waals surface area (Å²) in [6.07, 6.45) is 1.89. The second-order valence-corrected chi connectivity index (χ2v) is 5.67. The summed E-state index contributed by atoms with van der Waals surface area (Å²) in [5.74, 6) is 0.129. The van der Waals surface area contributed by atoms with Gasteiger partial charge in [-0.3, -0.25) is 4.79 Å². The first-order valence-corrected chi connectivity index (χ1v) is 7.00. The van der Waals surface area contributed by atoms with E-state index in [-0.39, 0.29) is 11.8 Å². The van der Waals surface area contributed by atoms with E-state index in [0.717, 1.165) is 5.75 Å². The number of carboxylic acids is 1. The highest BCUT2D eigenvalue weighted by Gasteiger charge is 2.44. The Balaban J connectivity index is 1.98. The van der Waals surface area contributed by atoms with Gasteiger partial charge in [0.2, 0.25) is 5.91 Å². The lowest BCUT2D eigenvalue weighted by Crippen LogP contribution is -2.56. The number of carbonyl (C=O) groups excluding carboxylic acids is 1. The van der Waals surface area contributed by atoms with Crippen LogP contribution in [0, 0.1) is 5.92 Å². The normalized spacial score (nSPS) is 30.1. The van der Waals surface area contributed by atoms with Gasteiger partial charge in [-0.15, -0.1) is 0 Å². The third-order valence-corrected chi connectivity index (χ3v) is 4.58. The van der Waals surface area contributed by atoms with E-state index in [9.17, 15) is 14.7 Å². The maximum absolute atomic E-state index is 12.0. The first-order chi connectivity index (χ1) is 8.14. The first kappa shape index (κ1) is 12.7. The van der Waals surface area contributed by atoms with Gasteiger partial charge in [0.15, 0.2) is 0 Å². The minimum Gasteiger partial charge on any atom is -0.479 e. The number of amides is 1. The lowest BCUT2D eigenvalue weighted by molar-refractivity contribution is -0.147. The van der Waals surface area contributed by atoms with Gasteiger partial charge in [0, 0.05) is 24.9 Å². The Hall–Kier alpha value is -0.750. The lowest BCUT2D eigenvalue weighted by atomic mass is 9.94. The number of ether oxygens (including phenoxy) is 1. The first-order valence-electron chi connectivity index (χ1n) is 5.85. The highest BCUT2D eigenvalue weighted by atomic mass is 32.2. The molecule has 2 N–H and O–H groups in total. The largest absolute Gasteiger partial charge is 0.479 e. The zero-order valence-corrected chi connectivity index (χ0v) is 10.4. The van der Waals surface area contributed by atoms with Crippen LogP contribution in [0.2, 0.25) is 0 Å². The number of hydrogen-bond donors (Lipinski definition) is 2. The third-order valence-electron chi connectivity index (χ3n) is 3.39. The van der Waals surface area contributed by atoms with Gasteiger partial charge in [0.05, 0.1) is 0 Å². The standard InChI is InChI=1S/C11H17NO4S/c13-9(8-1-4-16-5-2-8)12-11(10(14)15)3-6-17-7-11/h8H,1-7H2,(H,12,13)(H,14,15). The van der Waals surface area contributed by atoms with E-state index >= 15 is 0 Å². The Morgan fingerprint density at radius 1 is 1.35 bits per heavy atom. The van der Waals surface area contributed by atoms with Crippen molar-refractivity contribution in [3.05, 3.63) is 0 Å². The van der Waals surface area contributed by atoms with E-state index < -0.39 is 11.5 Å². The summed E-state index contributed by atoms with van der Waals surface area (Å²) >= 11 is 1.58. The zero-order chi connectivity index (χ0) is 12.3. The van der Waals surface area contributed by atoms with E-state index in [4.69, 9.17) is 4.74 Å². The van der Waals surface area contributed by atoms with Crippen molar-refractivity contribution in [3.8, 4) is 0 Å². The molecule has 1 atom stereocenters. The average molecular weight is 259 g/mol. The summed E-state index contributed by atoms with van der Waals surface area (Å²) in [5, 5.41) is 12.0. The highest BCUT2D eigenvalue weighted by Crippen LogP contribution is 2.29. The Kier molecular flexibility index (Phi) is 3.93. The fraction of sp³-hybridized carbons (Fsp3) is 0.818. The van der Waals surface area contributed by atoms with E-state index in [1.165, 1.54) is 0 Å². The number of carboxylic acid groups (broad SMARTS) is 1. The SMILES string of the molecule is O=C(NC1(C(=O)O)CCSC1)C1CCOCC1. The molecule has 0 radical (unpaired) electrons.